The molecule has 1 saturated carbocycles. The van der Waals surface area contributed by atoms with Gasteiger partial charge < -0.3 is 15.0 Å². The molecule has 1 aliphatic heterocycles. The minimum Gasteiger partial charge on any atom is -0.494 e. The number of anilines is 1. The zero-order valence-corrected chi connectivity index (χ0v) is 19.0. The maximum absolute atomic E-state index is 13.4. The van der Waals surface area contributed by atoms with Crippen LogP contribution in [0.25, 0.3) is 0 Å². The first-order valence-electron chi connectivity index (χ1n) is 11.7. The summed E-state index contributed by atoms with van der Waals surface area (Å²) < 4.78 is 5.89. The van der Waals surface area contributed by atoms with Crippen molar-refractivity contribution >= 4 is 23.2 Å². The van der Waals surface area contributed by atoms with E-state index in [9.17, 15) is 4.79 Å². The average molecular weight is 441 g/mol. The summed E-state index contributed by atoms with van der Waals surface area (Å²) >= 11 is 6.08. The third-order valence-electron chi connectivity index (χ3n) is 6.74. The van der Waals surface area contributed by atoms with Gasteiger partial charge in [0, 0.05) is 17.3 Å². The molecule has 0 unspecified atom stereocenters. The van der Waals surface area contributed by atoms with E-state index in [0.29, 0.717) is 5.02 Å². The summed E-state index contributed by atoms with van der Waals surface area (Å²) in [5.41, 5.74) is 1.40. The number of nitrogens with one attached hydrogen (secondary N) is 1. The molecule has 2 aromatic carbocycles. The summed E-state index contributed by atoms with van der Waals surface area (Å²) in [6.07, 6.45) is 8.77. The topological polar surface area (TPSA) is 41.6 Å². The second kappa shape index (κ2) is 10.5. The summed E-state index contributed by atoms with van der Waals surface area (Å²) in [6.45, 7) is 4.29. The first kappa shape index (κ1) is 22.2. The number of rotatable bonds is 8. The molecule has 1 saturated heterocycles. The Bertz CT molecular complexity index is 839. The summed E-state index contributed by atoms with van der Waals surface area (Å²) in [5, 5.41) is 3.86. The van der Waals surface area contributed by atoms with Crippen molar-refractivity contribution in [3.8, 4) is 5.75 Å². The van der Waals surface area contributed by atoms with E-state index in [0.717, 1.165) is 62.3 Å². The van der Waals surface area contributed by atoms with Gasteiger partial charge in [0.25, 0.3) is 0 Å². The third-order valence-corrected chi connectivity index (χ3v) is 6.99. The maximum atomic E-state index is 13.4. The van der Waals surface area contributed by atoms with Crippen molar-refractivity contribution in [1.82, 2.24) is 4.90 Å². The van der Waals surface area contributed by atoms with Gasteiger partial charge in [-0.2, -0.15) is 0 Å². The van der Waals surface area contributed by atoms with Gasteiger partial charge in [0.2, 0.25) is 5.91 Å². The van der Waals surface area contributed by atoms with Gasteiger partial charge in [-0.25, -0.2) is 0 Å². The Morgan fingerprint density at radius 2 is 1.61 bits per heavy atom. The van der Waals surface area contributed by atoms with Crippen molar-refractivity contribution in [2.45, 2.75) is 56.8 Å². The van der Waals surface area contributed by atoms with Crippen molar-refractivity contribution in [2.75, 3.05) is 31.6 Å². The van der Waals surface area contributed by atoms with Crippen LogP contribution in [0.15, 0.2) is 48.5 Å². The Hall–Kier alpha value is -2.04. The van der Waals surface area contributed by atoms with Crippen LogP contribution in [0.1, 0.15) is 56.9 Å². The molecule has 2 fully saturated rings. The smallest absolute Gasteiger partial charge is 0.235 e. The molecule has 1 N–H and O–H groups in total. The van der Waals surface area contributed by atoms with Crippen molar-refractivity contribution in [3.63, 3.8) is 0 Å². The molecule has 4 nitrogen and oxygen atoms in total. The SMILES string of the molecule is O=C(Nc1ccc(OCCCN2CCCC2)cc1)C1(c2ccc(Cl)cc2)CCCCC1. The van der Waals surface area contributed by atoms with Gasteiger partial charge in [0.15, 0.2) is 0 Å². The van der Waals surface area contributed by atoms with E-state index in [-0.39, 0.29) is 5.91 Å². The Kier molecular flexibility index (Phi) is 7.52. The fraction of sp³-hybridized carbons (Fsp3) is 0.500. The first-order chi connectivity index (χ1) is 15.2. The lowest BCUT2D eigenvalue weighted by molar-refractivity contribution is -0.122. The molecule has 4 rings (SSSR count). The number of nitrogens with zero attached hydrogens (tertiary/aromatic N) is 1. The van der Waals surface area contributed by atoms with Crippen LogP contribution >= 0.6 is 11.6 Å². The number of carbonyl (C=O) groups is 1. The van der Waals surface area contributed by atoms with Crippen LogP contribution in [0.3, 0.4) is 0 Å². The Balaban J connectivity index is 1.34. The molecule has 2 aromatic rings. The molecule has 2 aliphatic rings. The van der Waals surface area contributed by atoms with Gasteiger partial charge >= 0.3 is 0 Å². The lowest BCUT2D eigenvalue weighted by Gasteiger charge is -2.36. The molecule has 1 heterocycles. The van der Waals surface area contributed by atoms with Crippen LogP contribution in [0, 0.1) is 0 Å². The Morgan fingerprint density at radius 3 is 2.29 bits per heavy atom. The van der Waals surface area contributed by atoms with Crippen molar-refractivity contribution in [3.05, 3.63) is 59.1 Å². The highest BCUT2D eigenvalue weighted by Crippen LogP contribution is 2.41. The van der Waals surface area contributed by atoms with E-state index < -0.39 is 5.41 Å². The molecule has 31 heavy (non-hydrogen) atoms. The number of benzene rings is 2. The Morgan fingerprint density at radius 1 is 0.935 bits per heavy atom. The summed E-state index contributed by atoms with van der Waals surface area (Å²) in [7, 11) is 0. The van der Waals surface area contributed by atoms with Gasteiger partial charge in [-0.1, -0.05) is 43.0 Å². The first-order valence-corrected chi connectivity index (χ1v) is 12.1. The normalized spacial score (nSPS) is 18.6. The summed E-state index contributed by atoms with van der Waals surface area (Å²) in [4.78, 5) is 15.9. The fourth-order valence-corrected chi connectivity index (χ4v) is 5.07. The number of hydrogen-bond donors (Lipinski definition) is 1. The van der Waals surface area contributed by atoms with Crippen LogP contribution in [0.2, 0.25) is 5.02 Å². The third kappa shape index (κ3) is 5.61. The molecule has 5 heteroatoms. The molecule has 1 amide bonds. The minimum absolute atomic E-state index is 0.0776. The number of likely N-dealkylation sites (tertiary alicyclic amines) is 1. The van der Waals surface area contributed by atoms with Crippen LogP contribution < -0.4 is 10.1 Å². The van der Waals surface area contributed by atoms with Crippen LogP contribution in [0.5, 0.6) is 5.75 Å². The minimum atomic E-state index is -0.479. The molecule has 0 atom stereocenters. The van der Waals surface area contributed by atoms with Gasteiger partial charge in [-0.3, -0.25) is 4.79 Å². The molecular weight excluding hydrogens is 408 g/mol. The maximum Gasteiger partial charge on any atom is 0.235 e. The Labute approximate surface area is 190 Å². The lowest BCUT2D eigenvalue weighted by atomic mass is 9.68. The van der Waals surface area contributed by atoms with Crippen LogP contribution in [-0.4, -0.2) is 37.0 Å². The fourth-order valence-electron chi connectivity index (χ4n) is 4.94. The van der Waals surface area contributed by atoms with Crippen molar-refractivity contribution in [2.24, 2.45) is 0 Å². The average Bonchev–Trinajstić information content (AvgIpc) is 3.32. The zero-order chi connectivity index (χ0) is 21.5. The molecule has 0 radical (unpaired) electrons. The quantitative estimate of drug-likeness (QED) is 0.508. The second-order valence-electron chi connectivity index (χ2n) is 8.88. The predicted molar refractivity (Wildman–Crippen MR) is 127 cm³/mol. The summed E-state index contributed by atoms with van der Waals surface area (Å²) in [6, 6.07) is 15.5. The second-order valence-corrected chi connectivity index (χ2v) is 9.32. The number of hydrogen-bond acceptors (Lipinski definition) is 3. The molecule has 0 bridgehead atoms. The van der Waals surface area contributed by atoms with Crippen molar-refractivity contribution < 1.29 is 9.53 Å². The van der Waals surface area contributed by atoms with E-state index in [1.807, 2.05) is 48.5 Å². The van der Waals surface area contributed by atoms with Crippen LogP contribution in [-0.2, 0) is 10.2 Å². The van der Waals surface area contributed by atoms with E-state index in [1.165, 1.54) is 32.4 Å². The number of halogens is 1. The van der Waals surface area contributed by atoms with Gasteiger partial charge in [-0.15, -0.1) is 0 Å². The number of amides is 1. The summed E-state index contributed by atoms with van der Waals surface area (Å²) in [5.74, 6) is 0.929. The highest BCUT2D eigenvalue weighted by atomic mass is 35.5. The van der Waals surface area contributed by atoms with E-state index in [4.69, 9.17) is 16.3 Å². The molecule has 166 valence electrons. The van der Waals surface area contributed by atoms with Gasteiger partial charge in [-0.05, 0) is 87.2 Å². The van der Waals surface area contributed by atoms with E-state index in [2.05, 4.69) is 10.2 Å². The van der Waals surface area contributed by atoms with E-state index in [1.54, 1.807) is 0 Å². The molecular formula is C26H33ClN2O2. The zero-order valence-electron chi connectivity index (χ0n) is 18.2. The monoisotopic (exact) mass is 440 g/mol. The predicted octanol–water partition coefficient (Wildman–Crippen LogP) is 6.05. The molecule has 0 aromatic heterocycles. The van der Waals surface area contributed by atoms with Crippen molar-refractivity contribution in [1.29, 1.82) is 0 Å². The highest BCUT2D eigenvalue weighted by Gasteiger charge is 2.41. The number of ether oxygens (including phenoxy) is 1. The highest BCUT2D eigenvalue weighted by molar-refractivity contribution is 6.30. The molecule has 0 spiro atoms. The largest absolute Gasteiger partial charge is 0.494 e. The van der Waals surface area contributed by atoms with Gasteiger partial charge in [0.1, 0.15) is 5.75 Å². The van der Waals surface area contributed by atoms with E-state index >= 15 is 0 Å². The lowest BCUT2D eigenvalue weighted by Crippen LogP contribution is -2.42. The number of carbonyl (C=O) groups excluding carboxylic acids is 1. The van der Waals surface area contributed by atoms with Crippen LogP contribution in [0.4, 0.5) is 5.69 Å². The molecule has 1 aliphatic carbocycles. The standard InChI is InChI=1S/C26H33ClN2O2/c27-22-9-7-21(8-10-22)26(15-2-1-3-16-26)25(30)28-23-11-13-24(14-12-23)31-20-6-19-29-17-4-5-18-29/h7-14H,1-6,15-20H2,(H,28,30). The van der Waals surface area contributed by atoms with Gasteiger partial charge in [0.05, 0.1) is 12.0 Å².